The number of nitrogens with one attached hydrogen (secondary N) is 1. The second kappa shape index (κ2) is 6.49. The summed E-state index contributed by atoms with van der Waals surface area (Å²) in [7, 11) is 0. The summed E-state index contributed by atoms with van der Waals surface area (Å²) in [4.78, 5) is 17.4. The minimum atomic E-state index is -0.263. The molecule has 20 heavy (non-hydrogen) atoms. The van der Waals surface area contributed by atoms with E-state index in [2.05, 4.69) is 10.3 Å². The molecule has 2 rings (SSSR count). The Morgan fingerprint density at radius 3 is 2.65 bits per heavy atom. The topological polar surface area (TPSA) is 68.0 Å². The van der Waals surface area contributed by atoms with Gasteiger partial charge >= 0.3 is 0 Å². The third-order valence-corrected chi connectivity index (χ3v) is 3.67. The average molecular weight is 303 g/mol. The molecule has 0 unspecified atom stereocenters. The highest BCUT2D eigenvalue weighted by Crippen LogP contribution is 2.24. The van der Waals surface area contributed by atoms with Gasteiger partial charge in [0.25, 0.3) is 5.91 Å². The number of pyridine rings is 1. The number of thiocarbonyl (C=S) groups is 1. The second-order valence-corrected chi connectivity index (χ2v) is 5.24. The van der Waals surface area contributed by atoms with Crippen molar-refractivity contribution >= 4 is 40.6 Å². The van der Waals surface area contributed by atoms with E-state index in [9.17, 15) is 4.79 Å². The SMILES string of the molecule is CSc1ccccc1NC(=O)c1ccc(C(N)=S)cn1. The van der Waals surface area contributed by atoms with Crippen LogP contribution in [0.4, 0.5) is 5.69 Å². The number of hydrogen-bond acceptors (Lipinski definition) is 4. The normalized spacial score (nSPS) is 10.1. The molecule has 6 heteroatoms. The van der Waals surface area contributed by atoms with Gasteiger partial charge < -0.3 is 11.1 Å². The number of carbonyl (C=O) groups excluding carboxylic acids is 1. The van der Waals surface area contributed by atoms with Crippen molar-refractivity contribution in [3.05, 3.63) is 53.9 Å². The van der Waals surface area contributed by atoms with Crippen LogP contribution in [0.15, 0.2) is 47.5 Å². The highest BCUT2D eigenvalue weighted by atomic mass is 32.2. The number of nitrogens with two attached hydrogens (primary N) is 1. The summed E-state index contributed by atoms with van der Waals surface area (Å²) in [6.07, 6.45) is 3.46. The van der Waals surface area contributed by atoms with E-state index in [1.165, 1.54) is 6.20 Å². The van der Waals surface area contributed by atoms with Crippen LogP contribution >= 0.6 is 24.0 Å². The maximum absolute atomic E-state index is 12.1. The van der Waals surface area contributed by atoms with Gasteiger partial charge in [-0.05, 0) is 30.5 Å². The highest BCUT2D eigenvalue weighted by Gasteiger charge is 2.10. The first kappa shape index (κ1) is 14.5. The predicted octanol–water partition coefficient (Wildman–Crippen LogP) is 2.69. The fourth-order valence-electron chi connectivity index (χ4n) is 1.61. The number of hydrogen-bond donors (Lipinski definition) is 2. The van der Waals surface area contributed by atoms with Crippen molar-refractivity contribution < 1.29 is 4.79 Å². The van der Waals surface area contributed by atoms with E-state index in [1.54, 1.807) is 23.9 Å². The average Bonchev–Trinajstić information content (AvgIpc) is 2.48. The van der Waals surface area contributed by atoms with Crippen LogP contribution in [0, 0.1) is 0 Å². The summed E-state index contributed by atoms with van der Waals surface area (Å²) in [6, 6.07) is 10.9. The first-order chi connectivity index (χ1) is 9.61. The number of nitrogens with zero attached hydrogens (tertiary/aromatic N) is 1. The van der Waals surface area contributed by atoms with Gasteiger partial charge in [-0.1, -0.05) is 24.4 Å². The molecule has 0 aliphatic carbocycles. The van der Waals surface area contributed by atoms with Crippen molar-refractivity contribution in [3.8, 4) is 0 Å². The third-order valence-electron chi connectivity index (χ3n) is 2.64. The van der Waals surface area contributed by atoms with E-state index in [4.69, 9.17) is 18.0 Å². The van der Waals surface area contributed by atoms with Crippen LogP contribution in [0.1, 0.15) is 16.1 Å². The quantitative estimate of drug-likeness (QED) is 0.671. The van der Waals surface area contributed by atoms with Gasteiger partial charge in [0.15, 0.2) is 0 Å². The van der Waals surface area contributed by atoms with Crippen molar-refractivity contribution in [2.45, 2.75) is 4.90 Å². The van der Waals surface area contributed by atoms with Crippen LogP contribution < -0.4 is 11.1 Å². The molecular weight excluding hydrogens is 290 g/mol. The lowest BCUT2D eigenvalue weighted by molar-refractivity contribution is 0.102. The monoisotopic (exact) mass is 303 g/mol. The first-order valence-corrected chi connectivity index (χ1v) is 7.45. The number of amides is 1. The summed E-state index contributed by atoms with van der Waals surface area (Å²) < 4.78 is 0. The maximum atomic E-state index is 12.1. The number of thioether (sulfide) groups is 1. The molecule has 0 aliphatic rings. The van der Waals surface area contributed by atoms with Gasteiger partial charge in [0, 0.05) is 16.7 Å². The number of carbonyl (C=O) groups is 1. The second-order valence-electron chi connectivity index (χ2n) is 3.95. The summed E-state index contributed by atoms with van der Waals surface area (Å²) >= 11 is 6.41. The van der Waals surface area contributed by atoms with Crippen LogP contribution in [0.25, 0.3) is 0 Å². The molecular formula is C14H13N3OS2. The molecule has 0 saturated carbocycles. The van der Waals surface area contributed by atoms with E-state index in [0.717, 1.165) is 10.6 Å². The molecule has 0 fully saturated rings. The maximum Gasteiger partial charge on any atom is 0.274 e. The number of para-hydroxylation sites is 1. The summed E-state index contributed by atoms with van der Waals surface area (Å²) in [5.41, 5.74) is 7.22. The Morgan fingerprint density at radius 2 is 2.05 bits per heavy atom. The fourth-order valence-corrected chi connectivity index (χ4v) is 2.28. The zero-order valence-electron chi connectivity index (χ0n) is 10.8. The van der Waals surface area contributed by atoms with Crippen molar-refractivity contribution in [2.75, 3.05) is 11.6 Å². The first-order valence-electron chi connectivity index (χ1n) is 5.82. The smallest absolute Gasteiger partial charge is 0.274 e. The van der Waals surface area contributed by atoms with E-state index < -0.39 is 0 Å². The molecule has 0 radical (unpaired) electrons. The van der Waals surface area contributed by atoms with Gasteiger partial charge in [-0.15, -0.1) is 11.8 Å². The lowest BCUT2D eigenvalue weighted by Crippen LogP contribution is -2.15. The van der Waals surface area contributed by atoms with Crippen LogP contribution in [0.3, 0.4) is 0 Å². The minimum absolute atomic E-state index is 0.261. The van der Waals surface area contributed by atoms with Crippen LogP contribution in [-0.4, -0.2) is 22.1 Å². The third kappa shape index (κ3) is 3.34. The van der Waals surface area contributed by atoms with E-state index in [-0.39, 0.29) is 10.9 Å². The van der Waals surface area contributed by atoms with Gasteiger partial charge in [-0.2, -0.15) is 0 Å². The molecule has 0 bridgehead atoms. The molecule has 102 valence electrons. The number of anilines is 1. The van der Waals surface area contributed by atoms with Gasteiger partial charge in [0.2, 0.25) is 0 Å². The molecule has 0 atom stereocenters. The molecule has 1 amide bonds. The molecule has 1 heterocycles. The van der Waals surface area contributed by atoms with E-state index in [1.807, 2.05) is 30.5 Å². The Kier molecular flexibility index (Phi) is 4.70. The molecule has 3 N–H and O–H groups in total. The predicted molar refractivity (Wildman–Crippen MR) is 86.3 cm³/mol. The molecule has 0 aliphatic heterocycles. The van der Waals surface area contributed by atoms with Gasteiger partial charge in [0.05, 0.1) is 5.69 Å². The summed E-state index contributed by atoms with van der Waals surface area (Å²) in [6.45, 7) is 0. The lowest BCUT2D eigenvalue weighted by atomic mass is 10.2. The zero-order chi connectivity index (χ0) is 14.5. The molecule has 4 nitrogen and oxygen atoms in total. The molecule has 1 aromatic carbocycles. The number of benzene rings is 1. The van der Waals surface area contributed by atoms with Gasteiger partial charge in [-0.25, -0.2) is 0 Å². The van der Waals surface area contributed by atoms with E-state index in [0.29, 0.717) is 11.3 Å². The number of aromatic nitrogens is 1. The Balaban J connectivity index is 2.17. The molecule has 1 aromatic heterocycles. The van der Waals surface area contributed by atoms with Crippen molar-refractivity contribution in [3.63, 3.8) is 0 Å². The zero-order valence-corrected chi connectivity index (χ0v) is 12.4. The van der Waals surface area contributed by atoms with Gasteiger partial charge in [-0.3, -0.25) is 9.78 Å². The Bertz CT molecular complexity index is 641. The molecule has 2 aromatic rings. The van der Waals surface area contributed by atoms with E-state index >= 15 is 0 Å². The van der Waals surface area contributed by atoms with Crippen LogP contribution in [0.5, 0.6) is 0 Å². The molecule has 0 saturated heterocycles. The minimum Gasteiger partial charge on any atom is -0.389 e. The van der Waals surface area contributed by atoms with Crippen molar-refractivity contribution in [1.82, 2.24) is 4.98 Å². The van der Waals surface area contributed by atoms with Crippen molar-refractivity contribution in [1.29, 1.82) is 0 Å². The largest absolute Gasteiger partial charge is 0.389 e. The summed E-state index contributed by atoms with van der Waals surface area (Å²) in [5.74, 6) is -0.263. The standard InChI is InChI=1S/C14H13N3OS2/c1-20-12-5-3-2-4-10(12)17-14(18)11-7-6-9(8-16-11)13(15)19/h2-8H,1H3,(H2,15,19)(H,17,18). The van der Waals surface area contributed by atoms with Crippen molar-refractivity contribution in [2.24, 2.45) is 5.73 Å². The Morgan fingerprint density at radius 1 is 1.30 bits per heavy atom. The Hall–Kier alpha value is -1.92. The van der Waals surface area contributed by atoms with Gasteiger partial charge in [0.1, 0.15) is 10.7 Å². The fraction of sp³-hybridized carbons (Fsp3) is 0.0714. The number of rotatable bonds is 4. The highest BCUT2D eigenvalue weighted by molar-refractivity contribution is 7.98. The van der Waals surface area contributed by atoms with Crippen LogP contribution in [0.2, 0.25) is 0 Å². The summed E-state index contributed by atoms with van der Waals surface area (Å²) in [5, 5.41) is 2.84. The molecule has 0 spiro atoms. The lowest BCUT2D eigenvalue weighted by Gasteiger charge is -2.08. The Labute approximate surface area is 126 Å². The van der Waals surface area contributed by atoms with Crippen LogP contribution in [-0.2, 0) is 0 Å².